The maximum atomic E-state index is 11.9. The van der Waals surface area contributed by atoms with Crippen molar-refractivity contribution < 1.29 is 9.53 Å². The number of ether oxygens (including phenoxy) is 1. The summed E-state index contributed by atoms with van der Waals surface area (Å²) in [5.41, 5.74) is 0.946. The number of carbonyl (C=O) groups is 1. The minimum Gasteiger partial charge on any atom is -0.376 e. The fourth-order valence-electron chi connectivity index (χ4n) is 2.81. The quantitative estimate of drug-likeness (QED) is 0.695. The summed E-state index contributed by atoms with van der Waals surface area (Å²) in [6, 6.07) is 7.54. The van der Waals surface area contributed by atoms with Crippen LogP contribution in [0.15, 0.2) is 29.4 Å². The smallest absolute Gasteiger partial charge is 0.230 e. The van der Waals surface area contributed by atoms with Crippen molar-refractivity contribution in [3.05, 3.63) is 29.3 Å². The number of hydrogen-bond acceptors (Lipinski definition) is 5. The summed E-state index contributed by atoms with van der Waals surface area (Å²) in [7, 11) is 0. The van der Waals surface area contributed by atoms with Gasteiger partial charge < -0.3 is 10.1 Å². The Balaban J connectivity index is 1.79. The lowest BCUT2D eigenvalue weighted by Gasteiger charge is -2.14. The summed E-state index contributed by atoms with van der Waals surface area (Å²) >= 11 is 7.40. The first-order chi connectivity index (χ1) is 12.7. The summed E-state index contributed by atoms with van der Waals surface area (Å²) in [6.07, 6.45) is 3.18. The molecule has 26 heavy (non-hydrogen) atoms. The Hall–Kier alpha value is -1.57. The van der Waals surface area contributed by atoms with Gasteiger partial charge >= 0.3 is 0 Å². The lowest BCUT2D eigenvalue weighted by Crippen LogP contribution is -2.26. The molecule has 0 unspecified atom stereocenters. The number of halogens is 1. The van der Waals surface area contributed by atoms with Gasteiger partial charge in [-0.15, -0.1) is 10.2 Å². The predicted octanol–water partition coefficient (Wildman–Crippen LogP) is 3.40. The summed E-state index contributed by atoms with van der Waals surface area (Å²) in [5.74, 6) is 1.11. The van der Waals surface area contributed by atoms with Crippen LogP contribution >= 0.6 is 23.4 Å². The zero-order chi connectivity index (χ0) is 18.4. The van der Waals surface area contributed by atoms with E-state index in [-0.39, 0.29) is 12.0 Å². The molecular formula is C18H23ClN4O2S. The van der Waals surface area contributed by atoms with Crippen molar-refractivity contribution in [1.29, 1.82) is 0 Å². The SMILES string of the molecule is CCCNC(=O)CSc1nnc(-c2ccc(Cl)cc2)n1C[C@@H]1CCCO1. The molecule has 0 aliphatic carbocycles. The van der Waals surface area contributed by atoms with Crippen LogP contribution in [0.5, 0.6) is 0 Å². The molecule has 2 heterocycles. The Morgan fingerprint density at radius 3 is 2.88 bits per heavy atom. The van der Waals surface area contributed by atoms with Crippen LogP contribution < -0.4 is 5.32 Å². The maximum absolute atomic E-state index is 11.9. The molecule has 1 aromatic heterocycles. The van der Waals surface area contributed by atoms with Gasteiger partial charge in [0.2, 0.25) is 5.91 Å². The first kappa shape index (κ1) is 19.2. The van der Waals surface area contributed by atoms with Gasteiger partial charge in [-0.25, -0.2) is 0 Å². The molecule has 8 heteroatoms. The highest BCUT2D eigenvalue weighted by Crippen LogP contribution is 2.27. The fourth-order valence-corrected chi connectivity index (χ4v) is 3.71. The van der Waals surface area contributed by atoms with Crippen LogP contribution in [0.1, 0.15) is 26.2 Å². The van der Waals surface area contributed by atoms with Crippen LogP contribution in [0, 0.1) is 0 Å². The number of benzene rings is 1. The van der Waals surface area contributed by atoms with E-state index < -0.39 is 0 Å². The van der Waals surface area contributed by atoms with Crippen molar-refractivity contribution in [2.24, 2.45) is 0 Å². The summed E-state index contributed by atoms with van der Waals surface area (Å²) in [4.78, 5) is 11.9. The lowest BCUT2D eigenvalue weighted by molar-refractivity contribution is -0.118. The molecule has 0 spiro atoms. The molecule has 2 aromatic rings. The molecule has 0 radical (unpaired) electrons. The molecule has 1 aromatic carbocycles. The minimum atomic E-state index is 0.0107. The van der Waals surface area contributed by atoms with Crippen LogP contribution in [0.3, 0.4) is 0 Å². The molecule has 1 amide bonds. The van der Waals surface area contributed by atoms with Gasteiger partial charge in [0.05, 0.1) is 18.4 Å². The number of nitrogens with zero attached hydrogens (tertiary/aromatic N) is 3. The lowest BCUT2D eigenvalue weighted by atomic mass is 10.2. The second-order valence-corrected chi connectivity index (χ2v) is 7.58. The second-order valence-electron chi connectivity index (χ2n) is 6.20. The van der Waals surface area contributed by atoms with E-state index in [2.05, 4.69) is 20.1 Å². The number of rotatable bonds is 8. The molecule has 140 valence electrons. The number of amides is 1. The Morgan fingerprint density at radius 2 is 2.19 bits per heavy atom. The molecule has 1 N–H and O–H groups in total. The van der Waals surface area contributed by atoms with Crippen LogP contribution in [0.2, 0.25) is 5.02 Å². The number of carbonyl (C=O) groups excluding carboxylic acids is 1. The van der Waals surface area contributed by atoms with Crippen molar-refractivity contribution in [3.63, 3.8) is 0 Å². The summed E-state index contributed by atoms with van der Waals surface area (Å²) < 4.78 is 7.84. The largest absolute Gasteiger partial charge is 0.376 e. The highest BCUT2D eigenvalue weighted by atomic mass is 35.5. The molecule has 0 saturated carbocycles. The molecule has 0 bridgehead atoms. The van der Waals surface area contributed by atoms with Gasteiger partial charge in [0, 0.05) is 23.7 Å². The van der Waals surface area contributed by atoms with Gasteiger partial charge in [0.25, 0.3) is 0 Å². The molecular weight excluding hydrogens is 372 g/mol. The zero-order valence-electron chi connectivity index (χ0n) is 14.8. The number of nitrogens with one attached hydrogen (secondary N) is 1. The average Bonchev–Trinajstić information content (AvgIpc) is 3.29. The first-order valence-electron chi connectivity index (χ1n) is 8.87. The van der Waals surface area contributed by atoms with Crippen molar-refractivity contribution in [1.82, 2.24) is 20.1 Å². The first-order valence-corrected chi connectivity index (χ1v) is 10.2. The van der Waals surface area contributed by atoms with E-state index in [0.717, 1.165) is 42.4 Å². The highest BCUT2D eigenvalue weighted by Gasteiger charge is 2.22. The summed E-state index contributed by atoms with van der Waals surface area (Å²) in [6.45, 7) is 4.21. The van der Waals surface area contributed by atoms with E-state index >= 15 is 0 Å². The average molecular weight is 395 g/mol. The maximum Gasteiger partial charge on any atom is 0.230 e. The van der Waals surface area contributed by atoms with Gasteiger partial charge in [0.15, 0.2) is 11.0 Å². The Morgan fingerprint density at radius 1 is 1.38 bits per heavy atom. The minimum absolute atomic E-state index is 0.0107. The zero-order valence-corrected chi connectivity index (χ0v) is 16.4. The Bertz CT molecular complexity index is 729. The fraction of sp³-hybridized carbons (Fsp3) is 0.500. The van der Waals surface area contributed by atoms with Crippen LogP contribution in [-0.2, 0) is 16.1 Å². The van der Waals surface area contributed by atoms with E-state index in [1.807, 2.05) is 31.2 Å². The predicted molar refractivity (Wildman–Crippen MR) is 103 cm³/mol. The third-order valence-corrected chi connectivity index (χ3v) is 5.35. The van der Waals surface area contributed by atoms with E-state index in [0.29, 0.717) is 23.9 Å². The number of aromatic nitrogens is 3. The molecule has 1 aliphatic heterocycles. The Kier molecular flexibility index (Phi) is 6.93. The van der Waals surface area contributed by atoms with Crippen LogP contribution in [0.25, 0.3) is 11.4 Å². The van der Waals surface area contributed by atoms with Gasteiger partial charge in [-0.1, -0.05) is 30.3 Å². The Labute approximate surface area is 162 Å². The standard InChI is InChI=1S/C18H23ClN4O2S/c1-2-9-20-16(24)12-26-18-22-21-17(13-5-7-14(19)8-6-13)23(18)11-15-4-3-10-25-15/h5-8,15H,2-4,9-12H2,1H3,(H,20,24)/t15-/m0/s1. The number of thioether (sulfide) groups is 1. The second kappa shape index (κ2) is 9.39. The van der Waals surface area contributed by atoms with Crippen molar-refractivity contribution >= 4 is 29.3 Å². The molecule has 1 atom stereocenters. The van der Waals surface area contributed by atoms with Gasteiger partial charge in [-0.05, 0) is 43.5 Å². The van der Waals surface area contributed by atoms with Crippen molar-refractivity contribution in [3.8, 4) is 11.4 Å². The molecule has 6 nitrogen and oxygen atoms in total. The van der Waals surface area contributed by atoms with E-state index in [1.54, 1.807) is 0 Å². The van der Waals surface area contributed by atoms with Gasteiger partial charge in [-0.2, -0.15) is 0 Å². The summed E-state index contributed by atoms with van der Waals surface area (Å²) in [5, 5.41) is 13.0. The van der Waals surface area contributed by atoms with Crippen LogP contribution in [0.4, 0.5) is 0 Å². The van der Waals surface area contributed by atoms with Crippen LogP contribution in [-0.4, -0.2) is 45.7 Å². The molecule has 3 rings (SSSR count). The third-order valence-electron chi connectivity index (χ3n) is 4.13. The molecule has 1 fully saturated rings. The van der Waals surface area contributed by atoms with Gasteiger partial charge in [0.1, 0.15) is 0 Å². The topological polar surface area (TPSA) is 69.0 Å². The monoisotopic (exact) mass is 394 g/mol. The highest BCUT2D eigenvalue weighted by molar-refractivity contribution is 7.99. The normalized spacial score (nSPS) is 16.8. The van der Waals surface area contributed by atoms with Crippen molar-refractivity contribution in [2.75, 3.05) is 18.9 Å². The van der Waals surface area contributed by atoms with Gasteiger partial charge in [-0.3, -0.25) is 9.36 Å². The van der Waals surface area contributed by atoms with E-state index in [4.69, 9.17) is 16.3 Å². The van der Waals surface area contributed by atoms with Crippen molar-refractivity contribution in [2.45, 2.75) is 44.0 Å². The molecule has 1 aliphatic rings. The van der Waals surface area contributed by atoms with E-state index in [9.17, 15) is 4.79 Å². The van der Waals surface area contributed by atoms with E-state index in [1.165, 1.54) is 11.8 Å². The third kappa shape index (κ3) is 4.99. The molecule has 1 saturated heterocycles. The number of hydrogen-bond donors (Lipinski definition) is 1.